The summed E-state index contributed by atoms with van der Waals surface area (Å²) in [5.41, 5.74) is 2.09. The molecule has 1 aliphatic rings. The summed E-state index contributed by atoms with van der Waals surface area (Å²) in [5, 5.41) is 8.50. The Hall–Kier alpha value is -1.85. The average molecular weight is 343 g/mol. The summed E-state index contributed by atoms with van der Waals surface area (Å²) in [6, 6.07) is 12.5. The molecule has 1 saturated heterocycles. The van der Waals surface area contributed by atoms with Crippen LogP contribution < -0.4 is 15.5 Å². The molecule has 1 amide bonds. The van der Waals surface area contributed by atoms with Gasteiger partial charge >= 0.3 is 0 Å². The molecule has 1 fully saturated rings. The molecule has 1 unspecified atom stereocenters. The van der Waals surface area contributed by atoms with Gasteiger partial charge in [0.05, 0.1) is 0 Å². The van der Waals surface area contributed by atoms with Gasteiger partial charge in [-0.05, 0) is 49.4 Å². The Morgan fingerprint density at radius 1 is 1.25 bits per heavy atom. The minimum absolute atomic E-state index is 0.0553. The van der Waals surface area contributed by atoms with Gasteiger partial charge in [-0.2, -0.15) is 0 Å². The lowest BCUT2D eigenvalue weighted by atomic mass is 10.2. The van der Waals surface area contributed by atoms with Crippen LogP contribution in [0.3, 0.4) is 0 Å². The Morgan fingerprint density at radius 2 is 2.08 bits per heavy atom. The number of carbonyl (C=O) groups excluding carboxylic acids is 1. The van der Waals surface area contributed by atoms with Gasteiger partial charge in [-0.1, -0.05) is 12.1 Å². The number of hydrogen-bond donors (Lipinski definition) is 2. The molecular formula is C19H25N3OS. The van der Waals surface area contributed by atoms with Crippen LogP contribution in [0.15, 0.2) is 41.8 Å². The van der Waals surface area contributed by atoms with E-state index in [1.165, 1.54) is 23.4 Å². The van der Waals surface area contributed by atoms with Crippen molar-refractivity contribution in [2.45, 2.75) is 38.8 Å². The van der Waals surface area contributed by atoms with E-state index < -0.39 is 0 Å². The molecule has 3 rings (SSSR count). The van der Waals surface area contributed by atoms with Crippen molar-refractivity contribution in [3.63, 3.8) is 0 Å². The van der Waals surface area contributed by atoms with Gasteiger partial charge < -0.3 is 15.5 Å². The molecule has 2 N–H and O–H groups in total. The summed E-state index contributed by atoms with van der Waals surface area (Å²) < 4.78 is 0. The van der Waals surface area contributed by atoms with Crippen LogP contribution in [0.25, 0.3) is 0 Å². The minimum atomic E-state index is 0.0553. The molecule has 4 nitrogen and oxygen atoms in total. The smallest absolute Gasteiger partial charge is 0.225 e. The Bertz CT molecular complexity index is 650. The molecule has 24 heavy (non-hydrogen) atoms. The van der Waals surface area contributed by atoms with Gasteiger partial charge in [-0.15, -0.1) is 11.3 Å². The number of anilines is 2. The Morgan fingerprint density at radius 3 is 2.83 bits per heavy atom. The van der Waals surface area contributed by atoms with E-state index in [1.54, 1.807) is 11.3 Å². The third-order valence-electron chi connectivity index (χ3n) is 4.30. The van der Waals surface area contributed by atoms with Gasteiger partial charge in [0, 0.05) is 48.3 Å². The number of nitrogens with one attached hydrogen (secondary N) is 2. The van der Waals surface area contributed by atoms with Crippen molar-refractivity contribution in [2.75, 3.05) is 23.3 Å². The first kappa shape index (κ1) is 17.0. The van der Waals surface area contributed by atoms with E-state index in [0.29, 0.717) is 6.42 Å². The first-order valence-corrected chi connectivity index (χ1v) is 9.49. The van der Waals surface area contributed by atoms with Gasteiger partial charge in [0.15, 0.2) is 0 Å². The number of carbonyl (C=O) groups is 1. The second-order valence-corrected chi connectivity index (χ2v) is 7.39. The third-order valence-corrected chi connectivity index (χ3v) is 5.17. The summed E-state index contributed by atoms with van der Waals surface area (Å²) in [5.74, 6) is 0.0553. The first-order chi connectivity index (χ1) is 11.7. The normalized spacial score (nSPS) is 15.5. The maximum Gasteiger partial charge on any atom is 0.225 e. The van der Waals surface area contributed by atoms with Crippen molar-refractivity contribution in [3.8, 4) is 0 Å². The summed E-state index contributed by atoms with van der Waals surface area (Å²) in [4.78, 5) is 15.9. The molecule has 0 radical (unpaired) electrons. The molecule has 0 saturated carbocycles. The van der Waals surface area contributed by atoms with Crippen LogP contribution in [0.4, 0.5) is 11.4 Å². The summed E-state index contributed by atoms with van der Waals surface area (Å²) in [7, 11) is 0. The summed E-state index contributed by atoms with van der Waals surface area (Å²) >= 11 is 1.73. The molecule has 5 heteroatoms. The predicted molar refractivity (Wildman–Crippen MR) is 102 cm³/mol. The monoisotopic (exact) mass is 343 g/mol. The van der Waals surface area contributed by atoms with Crippen LogP contribution in [0.2, 0.25) is 0 Å². The Balaban J connectivity index is 1.48. The van der Waals surface area contributed by atoms with E-state index in [2.05, 4.69) is 39.1 Å². The first-order valence-electron chi connectivity index (χ1n) is 8.61. The Kier molecular flexibility index (Phi) is 5.88. The summed E-state index contributed by atoms with van der Waals surface area (Å²) in [6.07, 6.45) is 2.98. The van der Waals surface area contributed by atoms with Gasteiger partial charge in [-0.25, -0.2) is 0 Å². The van der Waals surface area contributed by atoms with Crippen molar-refractivity contribution in [1.82, 2.24) is 5.32 Å². The molecule has 1 aliphatic heterocycles. The van der Waals surface area contributed by atoms with Crippen molar-refractivity contribution < 1.29 is 4.79 Å². The Labute approximate surface area is 147 Å². The van der Waals surface area contributed by atoms with Crippen LogP contribution >= 0.6 is 11.3 Å². The second kappa shape index (κ2) is 8.31. The highest BCUT2D eigenvalue weighted by Crippen LogP contribution is 2.23. The van der Waals surface area contributed by atoms with Crippen LogP contribution in [-0.4, -0.2) is 25.0 Å². The zero-order valence-corrected chi connectivity index (χ0v) is 14.9. The molecule has 1 atom stereocenters. The maximum absolute atomic E-state index is 12.3. The fourth-order valence-corrected chi connectivity index (χ4v) is 3.66. The maximum atomic E-state index is 12.3. The SMILES string of the molecule is CC(CC(=O)Nc1cccc(N2CCCC2)c1)NCc1cccs1. The molecule has 128 valence electrons. The molecule has 0 aliphatic carbocycles. The topological polar surface area (TPSA) is 44.4 Å². The molecule has 2 aromatic rings. The third kappa shape index (κ3) is 4.82. The highest BCUT2D eigenvalue weighted by molar-refractivity contribution is 7.09. The predicted octanol–water partition coefficient (Wildman–Crippen LogP) is 3.86. The van der Waals surface area contributed by atoms with Gasteiger partial charge in [0.1, 0.15) is 0 Å². The second-order valence-electron chi connectivity index (χ2n) is 6.36. The number of thiophene rings is 1. The quantitative estimate of drug-likeness (QED) is 0.802. The minimum Gasteiger partial charge on any atom is -0.371 e. The standard InChI is InChI=1S/C19H25N3OS/c1-15(20-14-18-8-5-11-24-18)12-19(23)21-16-6-4-7-17(13-16)22-9-2-3-10-22/h4-8,11,13,15,20H,2-3,9-10,12,14H2,1H3,(H,21,23). The van der Waals surface area contributed by atoms with Gasteiger partial charge in [0.2, 0.25) is 5.91 Å². The van der Waals surface area contributed by atoms with Gasteiger partial charge in [0.25, 0.3) is 0 Å². The fourth-order valence-electron chi connectivity index (χ4n) is 3.01. The number of rotatable bonds is 7. The highest BCUT2D eigenvalue weighted by Gasteiger charge is 2.13. The van der Waals surface area contributed by atoms with Crippen LogP contribution in [0, 0.1) is 0 Å². The van der Waals surface area contributed by atoms with E-state index in [0.717, 1.165) is 25.3 Å². The number of amides is 1. The van der Waals surface area contributed by atoms with Gasteiger partial charge in [-0.3, -0.25) is 4.79 Å². The number of hydrogen-bond acceptors (Lipinski definition) is 4. The van der Waals surface area contributed by atoms with E-state index in [9.17, 15) is 4.79 Å². The highest BCUT2D eigenvalue weighted by atomic mass is 32.1. The van der Waals surface area contributed by atoms with Crippen molar-refractivity contribution in [3.05, 3.63) is 46.7 Å². The van der Waals surface area contributed by atoms with Crippen molar-refractivity contribution >= 4 is 28.6 Å². The zero-order valence-electron chi connectivity index (χ0n) is 14.1. The zero-order chi connectivity index (χ0) is 16.8. The lowest BCUT2D eigenvalue weighted by molar-refractivity contribution is -0.116. The lowest BCUT2D eigenvalue weighted by Gasteiger charge is -2.19. The van der Waals surface area contributed by atoms with Crippen molar-refractivity contribution in [2.24, 2.45) is 0 Å². The van der Waals surface area contributed by atoms with E-state index in [4.69, 9.17) is 0 Å². The van der Waals surface area contributed by atoms with Crippen LogP contribution in [0.5, 0.6) is 0 Å². The molecule has 0 spiro atoms. The van der Waals surface area contributed by atoms with Crippen molar-refractivity contribution in [1.29, 1.82) is 0 Å². The molecule has 1 aromatic heterocycles. The van der Waals surface area contributed by atoms with E-state index in [-0.39, 0.29) is 11.9 Å². The molecule has 1 aromatic carbocycles. The fraction of sp³-hybridized carbons (Fsp3) is 0.421. The molecule has 0 bridgehead atoms. The lowest BCUT2D eigenvalue weighted by Crippen LogP contribution is -2.30. The number of benzene rings is 1. The number of nitrogens with zero attached hydrogens (tertiary/aromatic N) is 1. The van der Waals surface area contributed by atoms with Crippen LogP contribution in [0.1, 0.15) is 31.1 Å². The van der Waals surface area contributed by atoms with E-state index >= 15 is 0 Å². The summed E-state index contributed by atoms with van der Waals surface area (Å²) in [6.45, 7) is 5.09. The molecular weight excluding hydrogens is 318 g/mol. The largest absolute Gasteiger partial charge is 0.371 e. The van der Waals surface area contributed by atoms with Crippen LogP contribution in [-0.2, 0) is 11.3 Å². The molecule has 2 heterocycles. The average Bonchev–Trinajstić information content (AvgIpc) is 3.27. The van der Waals surface area contributed by atoms with E-state index in [1.807, 2.05) is 25.1 Å².